The Morgan fingerprint density at radius 3 is 2.71 bits per heavy atom. The van der Waals surface area contributed by atoms with Gasteiger partial charge in [-0.3, -0.25) is 10.1 Å². The standard InChI is InChI=1S/C15H19N3O2S/c1-3-11(2)16-9-8-15-17-14(10-21-15)12-4-6-13(7-5-12)18(19)20/h4-7,10-11,16H,3,8-9H2,1-2H3. The van der Waals surface area contributed by atoms with Crippen LogP contribution in [0.3, 0.4) is 0 Å². The third-order valence-electron chi connectivity index (χ3n) is 3.37. The Kier molecular flexibility index (Phi) is 5.41. The number of aromatic nitrogens is 1. The Morgan fingerprint density at radius 1 is 1.38 bits per heavy atom. The van der Waals surface area contributed by atoms with Crippen LogP contribution in [-0.2, 0) is 6.42 Å². The fraction of sp³-hybridized carbons (Fsp3) is 0.400. The average Bonchev–Trinajstić information content (AvgIpc) is 2.96. The fourth-order valence-corrected chi connectivity index (χ4v) is 2.69. The van der Waals surface area contributed by atoms with Gasteiger partial charge < -0.3 is 5.32 Å². The Balaban J connectivity index is 1.97. The zero-order valence-corrected chi connectivity index (χ0v) is 13.0. The molecule has 1 aromatic heterocycles. The summed E-state index contributed by atoms with van der Waals surface area (Å²) in [6.07, 6.45) is 2.02. The Bertz CT molecular complexity index is 595. The van der Waals surface area contributed by atoms with E-state index in [0.29, 0.717) is 6.04 Å². The number of nitrogens with one attached hydrogen (secondary N) is 1. The molecular weight excluding hydrogens is 286 g/mol. The summed E-state index contributed by atoms with van der Waals surface area (Å²) in [4.78, 5) is 14.8. The smallest absolute Gasteiger partial charge is 0.269 e. The quantitative estimate of drug-likeness (QED) is 0.626. The van der Waals surface area contributed by atoms with E-state index in [9.17, 15) is 10.1 Å². The first-order chi connectivity index (χ1) is 10.1. The molecule has 112 valence electrons. The van der Waals surface area contributed by atoms with Crippen molar-refractivity contribution in [3.8, 4) is 11.3 Å². The van der Waals surface area contributed by atoms with Gasteiger partial charge in [0.2, 0.25) is 0 Å². The number of thiazole rings is 1. The molecule has 2 rings (SSSR count). The van der Waals surface area contributed by atoms with Gasteiger partial charge in [0.15, 0.2) is 0 Å². The number of benzene rings is 1. The van der Waals surface area contributed by atoms with E-state index in [2.05, 4.69) is 24.1 Å². The topological polar surface area (TPSA) is 68.1 Å². The Labute approximate surface area is 128 Å². The summed E-state index contributed by atoms with van der Waals surface area (Å²) in [5.41, 5.74) is 1.90. The number of nitrogens with zero attached hydrogens (tertiary/aromatic N) is 2. The molecule has 1 heterocycles. The van der Waals surface area contributed by atoms with E-state index < -0.39 is 4.92 Å². The van der Waals surface area contributed by atoms with Crippen molar-refractivity contribution in [2.24, 2.45) is 0 Å². The van der Waals surface area contributed by atoms with Crippen molar-refractivity contribution in [1.82, 2.24) is 10.3 Å². The molecule has 1 unspecified atom stereocenters. The number of nitro groups is 1. The number of hydrogen-bond donors (Lipinski definition) is 1. The zero-order chi connectivity index (χ0) is 15.2. The monoisotopic (exact) mass is 305 g/mol. The molecule has 0 aliphatic rings. The van der Waals surface area contributed by atoms with E-state index in [0.717, 1.165) is 35.7 Å². The van der Waals surface area contributed by atoms with Crippen LogP contribution in [0.4, 0.5) is 5.69 Å². The molecule has 1 aromatic carbocycles. The highest BCUT2D eigenvalue weighted by Gasteiger charge is 2.08. The molecule has 1 atom stereocenters. The number of nitro benzene ring substituents is 1. The molecule has 0 radical (unpaired) electrons. The maximum absolute atomic E-state index is 10.6. The van der Waals surface area contributed by atoms with Crippen LogP contribution >= 0.6 is 11.3 Å². The van der Waals surface area contributed by atoms with Gasteiger partial charge >= 0.3 is 0 Å². The predicted octanol–water partition coefficient (Wildman–Crippen LogP) is 3.65. The van der Waals surface area contributed by atoms with Crippen molar-refractivity contribution in [2.75, 3.05) is 6.54 Å². The number of hydrogen-bond acceptors (Lipinski definition) is 5. The highest BCUT2D eigenvalue weighted by molar-refractivity contribution is 7.09. The molecule has 0 saturated carbocycles. The van der Waals surface area contributed by atoms with Crippen LogP contribution in [0, 0.1) is 10.1 Å². The van der Waals surface area contributed by atoms with Crippen molar-refractivity contribution in [3.63, 3.8) is 0 Å². The second kappa shape index (κ2) is 7.28. The van der Waals surface area contributed by atoms with Crippen LogP contribution in [0.5, 0.6) is 0 Å². The van der Waals surface area contributed by atoms with Crippen LogP contribution in [0.15, 0.2) is 29.6 Å². The fourth-order valence-electron chi connectivity index (χ4n) is 1.88. The summed E-state index contributed by atoms with van der Waals surface area (Å²) in [6, 6.07) is 7.04. The van der Waals surface area contributed by atoms with E-state index in [1.165, 1.54) is 12.1 Å². The third-order valence-corrected chi connectivity index (χ3v) is 4.28. The second-order valence-corrected chi connectivity index (χ2v) is 5.89. The summed E-state index contributed by atoms with van der Waals surface area (Å²) in [6.45, 7) is 5.25. The second-order valence-electron chi connectivity index (χ2n) is 4.94. The summed E-state index contributed by atoms with van der Waals surface area (Å²) in [5.74, 6) is 0. The molecule has 21 heavy (non-hydrogen) atoms. The van der Waals surface area contributed by atoms with Gasteiger partial charge in [0.05, 0.1) is 15.6 Å². The Hall–Kier alpha value is -1.79. The number of rotatable bonds is 7. The van der Waals surface area contributed by atoms with Crippen LogP contribution < -0.4 is 5.32 Å². The molecule has 6 heteroatoms. The molecule has 0 bridgehead atoms. The lowest BCUT2D eigenvalue weighted by atomic mass is 10.1. The lowest BCUT2D eigenvalue weighted by Crippen LogP contribution is -2.27. The van der Waals surface area contributed by atoms with Gasteiger partial charge in [-0.25, -0.2) is 4.98 Å². The first-order valence-corrected chi connectivity index (χ1v) is 7.90. The van der Waals surface area contributed by atoms with Crippen LogP contribution in [0.25, 0.3) is 11.3 Å². The van der Waals surface area contributed by atoms with Crippen molar-refractivity contribution in [1.29, 1.82) is 0 Å². The summed E-state index contributed by atoms with van der Waals surface area (Å²) in [5, 5.41) is 17.2. The lowest BCUT2D eigenvalue weighted by molar-refractivity contribution is -0.384. The maximum Gasteiger partial charge on any atom is 0.269 e. The van der Waals surface area contributed by atoms with Crippen molar-refractivity contribution >= 4 is 17.0 Å². The maximum atomic E-state index is 10.6. The van der Waals surface area contributed by atoms with E-state index >= 15 is 0 Å². The van der Waals surface area contributed by atoms with E-state index in [4.69, 9.17) is 0 Å². The van der Waals surface area contributed by atoms with E-state index in [1.54, 1.807) is 23.5 Å². The van der Waals surface area contributed by atoms with Gasteiger partial charge in [0.1, 0.15) is 0 Å². The number of non-ortho nitro benzene ring substituents is 1. The van der Waals surface area contributed by atoms with Crippen molar-refractivity contribution in [2.45, 2.75) is 32.7 Å². The van der Waals surface area contributed by atoms with Crippen LogP contribution in [-0.4, -0.2) is 22.5 Å². The minimum atomic E-state index is -0.392. The molecular formula is C15H19N3O2S. The summed E-state index contributed by atoms with van der Waals surface area (Å²) in [7, 11) is 0. The zero-order valence-electron chi connectivity index (χ0n) is 12.2. The van der Waals surface area contributed by atoms with Crippen LogP contribution in [0.2, 0.25) is 0 Å². The van der Waals surface area contributed by atoms with Gasteiger partial charge in [0, 0.05) is 42.1 Å². The van der Waals surface area contributed by atoms with E-state index in [-0.39, 0.29) is 5.69 Å². The van der Waals surface area contributed by atoms with Crippen molar-refractivity contribution in [3.05, 3.63) is 44.8 Å². The SMILES string of the molecule is CCC(C)NCCc1nc(-c2ccc([N+](=O)[O-])cc2)cs1. The third kappa shape index (κ3) is 4.34. The highest BCUT2D eigenvalue weighted by Crippen LogP contribution is 2.24. The van der Waals surface area contributed by atoms with Gasteiger partial charge in [-0.1, -0.05) is 6.92 Å². The van der Waals surface area contributed by atoms with Gasteiger partial charge in [0.25, 0.3) is 5.69 Å². The summed E-state index contributed by atoms with van der Waals surface area (Å²) >= 11 is 1.63. The molecule has 0 spiro atoms. The first kappa shape index (κ1) is 15.6. The average molecular weight is 305 g/mol. The molecule has 0 fully saturated rings. The Morgan fingerprint density at radius 2 is 2.10 bits per heavy atom. The van der Waals surface area contributed by atoms with Crippen LogP contribution in [0.1, 0.15) is 25.3 Å². The van der Waals surface area contributed by atoms with Gasteiger partial charge in [-0.2, -0.15) is 0 Å². The minimum absolute atomic E-state index is 0.104. The first-order valence-electron chi connectivity index (χ1n) is 7.02. The van der Waals surface area contributed by atoms with E-state index in [1.807, 2.05) is 5.38 Å². The molecule has 0 aliphatic carbocycles. The molecule has 5 nitrogen and oxygen atoms in total. The largest absolute Gasteiger partial charge is 0.314 e. The van der Waals surface area contributed by atoms with Crippen molar-refractivity contribution < 1.29 is 4.92 Å². The van der Waals surface area contributed by atoms with Gasteiger partial charge in [-0.05, 0) is 25.5 Å². The minimum Gasteiger partial charge on any atom is -0.314 e. The molecule has 0 saturated heterocycles. The lowest BCUT2D eigenvalue weighted by Gasteiger charge is -2.09. The predicted molar refractivity (Wildman–Crippen MR) is 85.7 cm³/mol. The highest BCUT2D eigenvalue weighted by atomic mass is 32.1. The molecule has 0 amide bonds. The van der Waals surface area contributed by atoms with Gasteiger partial charge in [-0.15, -0.1) is 11.3 Å². The summed E-state index contributed by atoms with van der Waals surface area (Å²) < 4.78 is 0. The molecule has 0 aliphatic heterocycles. The molecule has 2 aromatic rings. The molecule has 1 N–H and O–H groups in total. The normalized spacial score (nSPS) is 12.3.